The summed E-state index contributed by atoms with van der Waals surface area (Å²) in [7, 11) is 0. The van der Waals surface area contributed by atoms with Crippen molar-refractivity contribution >= 4 is 17.6 Å². The molecule has 3 rings (SSSR count). The summed E-state index contributed by atoms with van der Waals surface area (Å²) in [5, 5.41) is 22.9. The third-order valence-electron chi connectivity index (χ3n) is 3.88. The number of aromatic hydroxyl groups is 1. The van der Waals surface area contributed by atoms with Gasteiger partial charge in [0.25, 0.3) is 5.82 Å². The second kappa shape index (κ2) is 8.07. The number of rotatable bonds is 6. The molecule has 26 heavy (non-hydrogen) atoms. The molecule has 0 bridgehead atoms. The topological polar surface area (TPSA) is 96.8 Å². The number of H-pyrrole nitrogens is 1. The molecule has 0 fully saturated rings. The number of aromatic nitrogens is 1. The molecule has 2 heterocycles. The van der Waals surface area contributed by atoms with Crippen molar-refractivity contribution in [1.29, 1.82) is 0 Å². The molecule has 0 unspecified atom stereocenters. The van der Waals surface area contributed by atoms with Crippen LogP contribution in [-0.2, 0) is 6.61 Å². The predicted molar refractivity (Wildman–Crippen MR) is 99.3 cm³/mol. The van der Waals surface area contributed by atoms with E-state index in [1.54, 1.807) is 18.0 Å². The van der Waals surface area contributed by atoms with E-state index in [1.165, 1.54) is 0 Å². The number of pyridine rings is 1. The first kappa shape index (κ1) is 18.0. The van der Waals surface area contributed by atoms with Crippen molar-refractivity contribution in [3.05, 3.63) is 82.0 Å². The van der Waals surface area contributed by atoms with E-state index in [0.717, 1.165) is 16.5 Å². The van der Waals surface area contributed by atoms with Crippen LogP contribution in [0.1, 0.15) is 23.1 Å². The monoisotopic (exact) mass is 371 g/mol. The summed E-state index contributed by atoms with van der Waals surface area (Å²) in [6.45, 7) is -0.432. The first-order valence-corrected chi connectivity index (χ1v) is 9.18. The highest BCUT2D eigenvalue weighted by Crippen LogP contribution is 2.31. The van der Waals surface area contributed by atoms with E-state index < -0.39 is 23.8 Å². The zero-order chi connectivity index (χ0) is 18.5. The Balaban J connectivity index is 2.11. The van der Waals surface area contributed by atoms with Gasteiger partial charge in [-0.3, -0.25) is 10.1 Å². The summed E-state index contributed by atoms with van der Waals surface area (Å²) < 4.78 is 5.60. The summed E-state index contributed by atoms with van der Waals surface area (Å²) in [5.74, 6) is 0.343. The van der Waals surface area contributed by atoms with Crippen LogP contribution in [0.2, 0.25) is 0 Å². The minimum atomic E-state index is -0.622. The van der Waals surface area contributed by atoms with Crippen LogP contribution >= 0.6 is 11.8 Å². The fourth-order valence-corrected chi connectivity index (χ4v) is 2.97. The van der Waals surface area contributed by atoms with Gasteiger partial charge in [-0.15, -0.1) is 11.8 Å². The number of hydrogen-bond donors (Lipinski definition) is 3. The van der Waals surface area contributed by atoms with E-state index in [4.69, 9.17) is 4.42 Å². The molecule has 134 valence electrons. The van der Waals surface area contributed by atoms with Gasteiger partial charge in [-0.2, -0.15) is 0 Å². The second-order valence-electron chi connectivity index (χ2n) is 5.57. The number of hydrogen-bond acceptors (Lipinski definition) is 6. The van der Waals surface area contributed by atoms with Gasteiger partial charge in [-0.25, -0.2) is 4.98 Å². The molecular formula is C19H19N2O4S+. The van der Waals surface area contributed by atoms with Gasteiger partial charge in [0.15, 0.2) is 11.8 Å². The van der Waals surface area contributed by atoms with Crippen LogP contribution in [0, 0.1) is 0 Å². The number of anilines is 1. The zero-order valence-corrected chi connectivity index (χ0v) is 14.9. The van der Waals surface area contributed by atoms with Crippen LogP contribution in [0.25, 0.3) is 0 Å². The van der Waals surface area contributed by atoms with Gasteiger partial charge in [0.2, 0.25) is 11.2 Å². The summed E-state index contributed by atoms with van der Waals surface area (Å²) in [4.78, 5) is 16.2. The first-order chi connectivity index (χ1) is 12.6. The fraction of sp³-hybridized carbons (Fsp3) is 0.158. The average molecular weight is 371 g/mol. The number of aromatic amines is 1. The fourth-order valence-electron chi connectivity index (χ4n) is 2.56. The molecule has 3 aromatic rings. The highest BCUT2D eigenvalue weighted by Gasteiger charge is 2.27. The van der Waals surface area contributed by atoms with Gasteiger partial charge >= 0.3 is 0 Å². The molecule has 6 nitrogen and oxygen atoms in total. The van der Waals surface area contributed by atoms with Crippen LogP contribution in [0.15, 0.2) is 68.8 Å². The van der Waals surface area contributed by atoms with Crippen LogP contribution in [0.5, 0.6) is 5.75 Å². The molecule has 0 spiro atoms. The van der Waals surface area contributed by atoms with E-state index in [0.29, 0.717) is 5.82 Å². The van der Waals surface area contributed by atoms with Gasteiger partial charge in [0.1, 0.15) is 12.4 Å². The van der Waals surface area contributed by atoms with Gasteiger partial charge in [0, 0.05) is 22.6 Å². The molecule has 7 heteroatoms. The molecule has 4 N–H and O–H groups in total. The first-order valence-electron chi connectivity index (χ1n) is 7.96. The van der Waals surface area contributed by atoms with Gasteiger partial charge in [-0.1, -0.05) is 18.2 Å². The summed E-state index contributed by atoms with van der Waals surface area (Å²) >= 11 is 1.62. The van der Waals surface area contributed by atoms with Crippen LogP contribution in [0.3, 0.4) is 0 Å². The Morgan fingerprint density at radius 1 is 1.23 bits per heavy atom. The van der Waals surface area contributed by atoms with Crippen molar-refractivity contribution in [2.24, 2.45) is 0 Å². The van der Waals surface area contributed by atoms with Crippen molar-refractivity contribution in [3.63, 3.8) is 0 Å². The molecule has 0 saturated heterocycles. The summed E-state index contributed by atoms with van der Waals surface area (Å²) in [6, 6.07) is 13.7. The van der Waals surface area contributed by atoms with E-state index >= 15 is 0 Å². The Morgan fingerprint density at radius 3 is 2.62 bits per heavy atom. The lowest BCUT2D eigenvalue weighted by molar-refractivity contribution is -0.361. The van der Waals surface area contributed by atoms with E-state index in [1.807, 2.05) is 48.7 Å². The van der Waals surface area contributed by atoms with Gasteiger partial charge < -0.3 is 14.6 Å². The van der Waals surface area contributed by atoms with E-state index in [9.17, 15) is 15.0 Å². The zero-order valence-electron chi connectivity index (χ0n) is 14.1. The lowest BCUT2D eigenvalue weighted by Crippen LogP contribution is -2.20. The standard InChI is InChI=1S/C19H18N2O4S/c1-26-14-7-5-12(6-8-14)17(21-16-4-2-3-9-20-16)19-18(24)15(23)10-13(11-22)25-19/h2-10,17,22,24H,11H2,1H3,(H,20,21)/p+1/t17-/m1/s1. The Hall–Kier alpha value is -2.77. The van der Waals surface area contributed by atoms with Crippen LogP contribution in [-0.4, -0.2) is 16.5 Å². The number of nitrogens with one attached hydrogen (secondary N) is 2. The Bertz CT molecular complexity index is 927. The third-order valence-corrected chi connectivity index (χ3v) is 4.62. The summed E-state index contributed by atoms with van der Waals surface area (Å²) in [6.07, 6.45) is 3.75. The van der Waals surface area contributed by atoms with Gasteiger partial charge in [-0.05, 0) is 24.5 Å². The van der Waals surface area contributed by atoms with Crippen molar-refractivity contribution < 1.29 is 19.6 Å². The third kappa shape index (κ3) is 3.89. The maximum atomic E-state index is 12.0. The summed E-state index contributed by atoms with van der Waals surface area (Å²) in [5.41, 5.74) is 0.202. The number of thioether (sulfide) groups is 1. The molecule has 2 aromatic heterocycles. The van der Waals surface area contributed by atoms with E-state index in [-0.39, 0.29) is 11.5 Å². The number of aliphatic hydroxyl groups is 1. The Morgan fingerprint density at radius 2 is 2.00 bits per heavy atom. The molecule has 0 aliphatic carbocycles. The Kier molecular flexibility index (Phi) is 5.60. The normalized spacial score (nSPS) is 11.9. The molecule has 1 atom stereocenters. The van der Waals surface area contributed by atoms with Gasteiger partial charge in [0.05, 0.1) is 6.20 Å². The van der Waals surface area contributed by atoms with Crippen molar-refractivity contribution in [3.8, 4) is 5.75 Å². The highest BCUT2D eigenvalue weighted by molar-refractivity contribution is 7.98. The molecule has 0 aliphatic rings. The molecule has 0 amide bonds. The Labute approximate surface area is 154 Å². The van der Waals surface area contributed by atoms with Crippen molar-refractivity contribution in [2.45, 2.75) is 17.5 Å². The lowest BCUT2D eigenvalue weighted by atomic mass is 10.0. The smallest absolute Gasteiger partial charge is 0.273 e. The van der Waals surface area contributed by atoms with Crippen LogP contribution < -0.4 is 15.7 Å². The van der Waals surface area contributed by atoms with Crippen molar-refractivity contribution in [2.75, 3.05) is 11.6 Å². The minimum Gasteiger partial charge on any atom is -0.502 e. The SMILES string of the molecule is CSc1ccc([C@@H](Nc2cccc[nH+]2)c2oc(CO)cc(=O)c2O)cc1. The average Bonchev–Trinajstić information content (AvgIpc) is 2.69. The molecule has 1 aromatic carbocycles. The van der Waals surface area contributed by atoms with Crippen LogP contribution in [0.4, 0.5) is 5.82 Å². The quantitative estimate of drug-likeness (QED) is 0.576. The molecule has 0 radical (unpaired) electrons. The lowest BCUT2D eigenvalue weighted by Gasteiger charge is -2.16. The predicted octanol–water partition coefficient (Wildman–Crippen LogP) is 2.58. The second-order valence-corrected chi connectivity index (χ2v) is 6.45. The number of benzene rings is 1. The largest absolute Gasteiger partial charge is 0.502 e. The minimum absolute atomic E-state index is 0.0516. The molecule has 0 aliphatic heterocycles. The molecule has 0 saturated carbocycles. The number of aliphatic hydroxyl groups excluding tert-OH is 1. The highest BCUT2D eigenvalue weighted by atomic mass is 32.2. The van der Waals surface area contributed by atoms with E-state index in [2.05, 4.69) is 10.3 Å². The van der Waals surface area contributed by atoms with Crippen molar-refractivity contribution in [1.82, 2.24) is 0 Å². The maximum absolute atomic E-state index is 12.0. The maximum Gasteiger partial charge on any atom is 0.273 e. The molecular weight excluding hydrogens is 352 g/mol.